The highest BCUT2D eigenvalue weighted by Gasteiger charge is 1.99. The zero-order valence-corrected chi connectivity index (χ0v) is 10.3. The van der Waals surface area contributed by atoms with Crippen LogP contribution >= 0.6 is 0 Å². The van der Waals surface area contributed by atoms with Crippen molar-refractivity contribution < 1.29 is 14.2 Å². The van der Waals surface area contributed by atoms with Gasteiger partial charge in [-0.3, -0.25) is 0 Å². The van der Waals surface area contributed by atoms with Crippen molar-refractivity contribution in [2.24, 2.45) is 0 Å². The standard InChI is InChI=1S/C11H25NO3/c1-11(5-8-13-2)12-6-4-7-15-10-9-14-3/h11-12H,4-10H2,1-3H3. The summed E-state index contributed by atoms with van der Waals surface area (Å²) in [6.07, 6.45) is 2.10. The van der Waals surface area contributed by atoms with E-state index in [0.717, 1.165) is 32.6 Å². The SMILES string of the molecule is COCCOCCCNC(C)CCOC. The van der Waals surface area contributed by atoms with Crippen molar-refractivity contribution in [2.45, 2.75) is 25.8 Å². The summed E-state index contributed by atoms with van der Waals surface area (Å²) in [5.41, 5.74) is 0. The van der Waals surface area contributed by atoms with E-state index in [1.54, 1.807) is 14.2 Å². The molecule has 0 amide bonds. The van der Waals surface area contributed by atoms with E-state index in [1.807, 2.05) is 0 Å². The van der Waals surface area contributed by atoms with Crippen molar-refractivity contribution in [1.29, 1.82) is 0 Å². The molecule has 0 rings (SSSR count). The molecule has 4 nitrogen and oxygen atoms in total. The first-order valence-corrected chi connectivity index (χ1v) is 5.60. The highest BCUT2D eigenvalue weighted by Crippen LogP contribution is 1.91. The maximum atomic E-state index is 5.35. The van der Waals surface area contributed by atoms with Gasteiger partial charge in [0, 0.05) is 33.5 Å². The van der Waals surface area contributed by atoms with Crippen LogP contribution in [-0.4, -0.2) is 53.2 Å². The Balaban J connectivity index is 3.02. The third kappa shape index (κ3) is 11.8. The Kier molecular flexibility index (Phi) is 11.8. The van der Waals surface area contributed by atoms with E-state index >= 15 is 0 Å². The van der Waals surface area contributed by atoms with Crippen LogP contribution in [-0.2, 0) is 14.2 Å². The summed E-state index contributed by atoms with van der Waals surface area (Å²) in [4.78, 5) is 0. The topological polar surface area (TPSA) is 39.7 Å². The van der Waals surface area contributed by atoms with Gasteiger partial charge in [0.1, 0.15) is 0 Å². The quantitative estimate of drug-likeness (QED) is 0.527. The Morgan fingerprint density at radius 1 is 1.00 bits per heavy atom. The number of nitrogens with one attached hydrogen (secondary N) is 1. The van der Waals surface area contributed by atoms with Crippen LogP contribution in [0.15, 0.2) is 0 Å². The Bertz CT molecular complexity index is 122. The fourth-order valence-corrected chi connectivity index (χ4v) is 1.16. The molecule has 0 bridgehead atoms. The van der Waals surface area contributed by atoms with E-state index in [0.29, 0.717) is 19.3 Å². The molecule has 0 saturated carbocycles. The molecule has 0 aromatic carbocycles. The van der Waals surface area contributed by atoms with Crippen molar-refractivity contribution in [3.05, 3.63) is 0 Å². The highest BCUT2D eigenvalue weighted by molar-refractivity contribution is 4.59. The predicted molar refractivity (Wildman–Crippen MR) is 61.3 cm³/mol. The molecular weight excluding hydrogens is 194 g/mol. The molecule has 92 valence electrons. The first-order valence-electron chi connectivity index (χ1n) is 5.60. The van der Waals surface area contributed by atoms with Gasteiger partial charge in [-0.25, -0.2) is 0 Å². The van der Waals surface area contributed by atoms with E-state index in [1.165, 1.54) is 0 Å². The van der Waals surface area contributed by atoms with Gasteiger partial charge in [0.2, 0.25) is 0 Å². The van der Waals surface area contributed by atoms with Crippen molar-refractivity contribution >= 4 is 0 Å². The average Bonchev–Trinajstić information content (AvgIpc) is 2.25. The zero-order chi connectivity index (χ0) is 11.4. The summed E-state index contributed by atoms with van der Waals surface area (Å²) in [7, 11) is 3.42. The van der Waals surface area contributed by atoms with Crippen molar-refractivity contribution in [2.75, 3.05) is 47.2 Å². The summed E-state index contributed by atoms with van der Waals surface area (Å²) in [6, 6.07) is 0.518. The summed E-state index contributed by atoms with van der Waals surface area (Å²) in [5, 5.41) is 3.42. The summed E-state index contributed by atoms with van der Waals surface area (Å²) in [6.45, 7) is 6.15. The Labute approximate surface area is 93.3 Å². The van der Waals surface area contributed by atoms with Gasteiger partial charge in [0.25, 0.3) is 0 Å². The number of hydrogen-bond acceptors (Lipinski definition) is 4. The van der Waals surface area contributed by atoms with Crippen LogP contribution in [0, 0.1) is 0 Å². The van der Waals surface area contributed by atoms with Gasteiger partial charge in [-0.05, 0) is 26.3 Å². The second-order valence-corrected chi connectivity index (χ2v) is 3.60. The number of hydrogen-bond donors (Lipinski definition) is 1. The minimum absolute atomic E-state index is 0.518. The molecule has 0 heterocycles. The molecule has 0 aliphatic heterocycles. The van der Waals surface area contributed by atoms with Gasteiger partial charge in [0.05, 0.1) is 13.2 Å². The number of ether oxygens (including phenoxy) is 3. The van der Waals surface area contributed by atoms with Crippen LogP contribution in [0.1, 0.15) is 19.8 Å². The van der Waals surface area contributed by atoms with Gasteiger partial charge in [-0.15, -0.1) is 0 Å². The van der Waals surface area contributed by atoms with Crippen LogP contribution in [0.5, 0.6) is 0 Å². The molecule has 1 N–H and O–H groups in total. The molecule has 0 aliphatic rings. The van der Waals surface area contributed by atoms with E-state index < -0.39 is 0 Å². The molecule has 0 radical (unpaired) electrons. The average molecular weight is 219 g/mol. The van der Waals surface area contributed by atoms with Gasteiger partial charge in [-0.1, -0.05) is 0 Å². The molecule has 1 unspecified atom stereocenters. The summed E-state index contributed by atoms with van der Waals surface area (Å²) >= 11 is 0. The highest BCUT2D eigenvalue weighted by atomic mass is 16.5. The third-order valence-corrected chi connectivity index (χ3v) is 2.15. The van der Waals surface area contributed by atoms with Crippen molar-refractivity contribution in [3.63, 3.8) is 0 Å². The Hall–Kier alpha value is -0.160. The molecule has 0 aromatic rings. The maximum Gasteiger partial charge on any atom is 0.0700 e. The lowest BCUT2D eigenvalue weighted by Gasteiger charge is -2.12. The smallest absolute Gasteiger partial charge is 0.0700 e. The van der Waals surface area contributed by atoms with E-state index in [9.17, 15) is 0 Å². The van der Waals surface area contributed by atoms with E-state index in [2.05, 4.69) is 12.2 Å². The van der Waals surface area contributed by atoms with Crippen LogP contribution in [0.25, 0.3) is 0 Å². The minimum atomic E-state index is 0.518. The second-order valence-electron chi connectivity index (χ2n) is 3.60. The summed E-state index contributed by atoms with van der Waals surface area (Å²) < 4.78 is 15.2. The van der Waals surface area contributed by atoms with Gasteiger partial charge in [-0.2, -0.15) is 0 Å². The molecular formula is C11H25NO3. The largest absolute Gasteiger partial charge is 0.385 e. The fraction of sp³-hybridized carbons (Fsp3) is 1.00. The molecule has 0 aliphatic carbocycles. The molecule has 1 atom stereocenters. The van der Waals surface area contributed by atoms with Crippen LogP contribution in [0.4, 0.5) is 0 Å². The molecule has 0 spiro atoms. The minimum Gasteiger partial charge on any atom is -0.385 e. The van der Waals surface area contributed by atoms with Crippen LogP contribution in [0.3, 0.4) is 0 Å². The molecule has 0 fully saturated rings. The first kappa shape index (κ1) is 14.8. The monoisotopic (exact) mass is 219 g/mol. The third-order valence-electron chi connectivity index (χ3n) is 2.15. The van der Waals surface area contributed by atoms with Crippen molar-refractivity contribution in [1.82, 2.24) is 5.32 Å². The number of methoxy groups -OCH3 is 2. The fourth-order valence-electron chi connectivity index (χ4n) is 1.16. The van der Waals surface area contributed by atoms with Gasteiger partial charge in [0.15, 0.2) is 0 Å². The van der Waals surface area contributed by atoms with E-state index in [4.69, 9.17) is 14.2 Å². The lowest BCUT2D eigenvalue weighted by Crippen LogP contribution is -2.28. The number of rotatable bonds is 11. The predicted octanol–water partition coefficient (Wildman–Crippen LogP) is 1.05. The zero-order valence-electron chi connectivity index (χ0n) is 10.3. The second kappa shape index (κ2) is 11.9. The van der Waals surface area contributed by atoms with E-state index in [-0.39, 0.29) is 0 Å². The van der Waals surface area contributed by atoms with Crippen LogP contribution in [0.2, 0.25) is 0 Å². The van der Waals surface area contributed by atoms with Crippen molar-refractivity contribution in [3.8, 4) is 0 Å². The Morgan fingerprint density at radius 3 is 2.40 bits per heavy atom. The molecule has 0 aromatic heterocycles. The molecule has 0 saturated heterocycles. The lowest BCUT2D eigenvalue weighted by atomic mass is 10.2. The Morgan fingerprint density at radius 2 is 1.73 bits per heavy atom. The summed E-state index contributed by atoms with van der Waals surface area (Å²) in [5.74, 6) is 0. The molecule has 4 heteroatoms. The molecule has 15 heavy (non-hydrogen) atoms. The van der Waals surface area contributed by atoms with Gasteiger partial charge >= 0.3 is 0 Å². The maximum absolute atomic E-state index is 5.35. The van der Waals surface area contributed by atoms with Crippen LogP contribution < -0.4 is 5.32 Å². The normalized spacial score (nSPS) is 13.0. The first-order chi connectivity index (χ1) is 7.31. The lowest BCUT2D eigenvalue weighted by molar-refractivity contribution is 0.0691. The van der Waals surface area contributed by atoms with Gasteiger partial charge < -0.3 is 19.5 Å².